The Balaban J connectivity index is 1.45. The molecule has 16 nitrogen and oxygen atoms in total. The third-order valence-corrected chi connectivity index (χ3v) is 8.39. The molecule has 0 aliphatic rings. The zero-order valence-corrected chi connectivity index (χ0v) is 30.3. The number of carboxylic acid groups (broad SMARTS) is 3. The van der Waals surface area contributed by atoms with Crippen molar-refractivity contribution < 1.29 is 44.1 Å². The molecule has 8 N–H and O–H groups in total. The second-order valence-electron chi connectivity index (χ2n) is 12.8. The molecule has 0 aromatic carbocycles. The van der Waals surface area contributed by atoms with Crippen molar-refractivity contribution in [1.82, 2.24) is 36.6 Å². The third-order valence-electron chi connectivity index (χ3n) is 8.39. The molecule has 53 heavy (non-hydrogen) atoms. The first kappa shape index (κ1) is 44.0. The number of amides is 4. The Hall–Kier alpha value is -5.12. The van der Waals surface area contributed by atoms with Crippen LogP contribution in [0, 0.1) is 0 Å². The third kappa shape index (κ3) is 20.5. The van der Waals surface area contributed by atoms with Gasteiger partial charge in [0.1, 0.15) is 12.1 Å². The fraction of sp³-hybridized carbons (Fsp3) is 0.568. The quantitative estimate of drug-likeness (QED) is 0.0558. The zero-order valence-electron chi connectivity index (χ0n) is 30.3. The molecule has 0 radical (unpaired) electrons. The van der Waals surface area contributed by atoms with Gasteiger partial charge in [-0.3, -0.25) is 24.4 Å². The standard InChI is InChI=1S/C37H55N7O9/c45-31(40-24-10-3-4-11-26-42-34(27-15-7-12-22-38-27)28-16-8-13-23-39-28)18-5-1-2-6-19-32(46)41-25-14-9-17-29(35(49)50)43-37(53)44-30(36(51)52)20-21-33(47)48/h7-8,12-13,15-16,22-23,29-30,34,42H,1-6,9-11,14,17-21,24-26H2,(H,40,45)(H,41,46)(H,47,48)(H,49,50)(H,51,52)(H2,43,44,53). The minimum absolute atomic E-state index is 0.0409. The van der Waals surface area contributed by atoms with Crippen molar-refractivity contribution in [3.05, 3.63) is 60.2 Å². The van der Waals surface area contributed by atoms with Crippen LogP contribution in [0.5, 0.6) is 0 Å². The molecule has 2 atom stereocenters. The minimum atomic E-state index is -1.47. The average molecular weight is 742 g/mol. The van der Waals surface area contributed by atoms with Crippen molar-refractivity contribution in [2.75, 3.05) is 19.6 Å². The molecule has 0 fully saturated rings. The van der Waals surface area contributed by atoms with Gasteiger partial charge in [-0.05, 0) is 82.2 Å². The molecule has 0 spiro atoms. The summed E-state index contributed by atoms with van der Waals surface area (Å²) in [5.74, 6) is -4.04. The zero-order chi connectivity index (χ0) is 38.7. The van der Waals surface area contributed by atoms with Gasteiger partial charge in [0.25, 0.3) is 0 Å². The number of hydrogen-bond donors (Lipinski definition) is 8. The van der Waals surface area contributed by atoms with Gasteiger partial charge in [0.15, 0.2) is 0 Å². The molecule has 2 aromatic rings. The minimum Gasteiger partial charge on any atom is -0.481 e. The van der Waals surface area contributed by atoms with Crippen LogP contribution in [0.25, 0.3) is 0 Å². The number of rotatable bonds is 29. The van der Waals surface area contributed by atoms with E-state index in [1.54, 1.807) is 12.4 Å². The van der Waals surface area contributed by atoms with Crippen LogP contribution in [-0.2, 0) is 24.0 Å². The lowest BCUT2D eigenvalue weighted by Crippen LogP contribution is -2.51. The maximum absolute atomic E-state index is 12.2. The van der Waals surface area contributed by atoms with Crippen LogP contribution in [0.4, 0.5) is 4.79 Å². The van der Waals surface area contributed by atoms with E-state index in [9.17, 15) is 33.9 Å². The van der Waals surface area contributed by atoms with Crippen molar-refractivity contribution in [1.29, 1.82) is 0 Å². The van der Waals surface area contributed by atoms with E-state index < -0.39 is 42.4 Å². The molecular formula is C37H55N7O9. The van der Waals surface area contributed by atoms with Crippen LogP contribution >= 0.6 is 0 Å². The number of hydrogen-bond acceptors (Lipinski definition) is 9. The molecule has 4 amide bonds. The lowest BCUT2D eigenvalue weighted by atomic mass is 10.1. The molecule has 2 unspecified atom stereocenters. The number of urea groups is 1. The van der Waals surface area contributed by atoms with Gasteiger partial charge in [-0.15, -0.1) is 0 Å². The summed E-state index contributed by atoms with van der Waals surface area (Å²) in [4.78, 5) is 78.8. The van der Waals surface area contributed by atoms with Gasteiger partial charge in [-0.2, -0.15) is 0 Å². The predicted octanol–water partition coefficient (Wildman–Crippen LogP) is 3.53. The molecule has 2 aromatic heterocycles. The summed E-state index contributed by atoms with van der Waals surface area (Å²) in [7, 11) is 0. The van der Waals surface area contributed by atoms with Crippen LogP contribution in [-0.4, -0.2) is 92.8 Å². The van der Waals surface area contributed by atoms with Crippen molar-refractivity contribution in [3.8, 4) is 0 Å². The van der Waals surface area contributed by atoms with Crippen LogP contribution in [0.1, 0.15) is 114 Å². The number of nitrogens with one attached hydrogen (secondary N) is 5. The molecule has 2 rings (SSSR count). The highest BCUT2D eigenvalue weighted by molar-refractivity contribution is 5.86. The molecule has 0 aliphatic heterocycles. The van der Waals surface area contributed by atoms with Crippen molar-refractivity contribution >= 4 is 35.8 Å². The van der Waals surface area contributed by atoms with E-state index in [1.807, 2.05) is 36.4 Å². The average Bonchev–Trinajstić information content (AvgIpc) is 3.13. The van der Waals surface area contributed by atoms with E-state index in [-0.39, 0.29) is 30.7 Å². The summed E-state index contributed by atoms with van der Waals surface area (Å²) < 4.78 is 0. The van der Waals surface area contributed by atoms with E-state index in [2.05, 4.69) is 36.6 Å². The fourth-order valence-electron chi connectivity index (χ4n) is 5.48. The molecule has 2 heterocycles. The summed E-state index contributed by atoms with van der Waals surface area (Å²) in [6, 6.07) is 7.90. The number of carbonyl (C=O) groups excluding carboxylic acids is 3. The summed E-state index contributed by atoms with van der Waals surface area (Å²) in [6.45, 7) is 1.83. The Labute approximate surface area is 310 Å². The Morgan fingerprint density at radius 3 is 1.49 bits per heavy atom. The molecule has 292 valence electrons. The number of carboxylic acids is 3. The van der Waals surface area contributed by atoms with E-state index in [0.29, 0.717) is 45.2 Å². The Kier molecular flexibility index (Phi) is 22.1. The second-order valence-corrected chi connectivity index (χ2v) is 12.8. The van der Waals surface area contributed by atoms with Gasteiger partial charge in [0, 0.05) is 44.7 Å². The molecule has 16 heteroatoms. The lowest BCUT2D eigenvalue weighted by Gasteiger charge is -2.18. The smallest absolute Gasteiger partial charge is 0.326 e. The highest BCUT2D eigenvalue weighted by atomic mass is 16.4. The lowest BCUT2D eigenvalue weighted by molar-refractivity contribution is -0.141. The van der Waals surface area contributed by atoms with E-state index >= 15 is 0 Å². The number of pyridine rings is 2. The number of nitrogens with zero attached hydrogens (tertiary/aromatic N) is 2. The summed E-state index contributed by atoms with van der Waals surface area (Å²) in [5, 5.41) is 40.9. The first-order valence-electron chi connectivity index (χ1n) is 18.4. The van der Waals surface area contributed by atoms with E-state index in [4.69, 9.17) is 10.2 Å². The number of unbranched alkanes of at least 4 members (excludes halogenated alkanes) is 7. The van der Waals surface area contributed by atoms with Crippen LogP contribution in [0.3, 0.4) is 0 Å². The van der Waals surface area contributed by atoms with Crippen LogP contribution < -0.4 is 26.6 Å². The van der Waals surface area contributed by atoms with Gasteiger partial charge in [-0.25, -0.2) is 14.4 Å². The maximum atomic E-state index is 12.2. The highest BCUT2D eigenvalue weighted by Gasteiger charge is 2.24. The summed E-state index contributed by atoms with van der Waals surface area (Å²) >= 11 is 0. The summed E-state index contributed by atoms with van der Waals surface area (Å²) in [5.41, 5.74) is 1.87. The topological polar surface area (TPSA) is 249 Å². The predicted molar refractivity (Wildman–Crippen MR) is 196 cm³/mol. The van der Waals surface area contributed by atoms with Gasteiger partial charge >= 0.3 is 23.9 Å². The monoisotopic (exact) mass is 741 g/mol. The molecule has 0 saturated heterocycles. The van der Waals surface area contributed by atoms with E-state index in [1.165, 1.54) is 0 Å². The first-order valence-corrected chi connectivity index (χ1v) is 18.4. The first-order chi connectivity index (χ1) is 25.6. The summed E-state index contributed by atoms with van der Waals surface area (Å²) in [6.07, 6.45) is 11.6. The number of aliphatic carboxylic acids is 3. The largest absolute Gasteiger partial charge is 0.481 e. The molecule has 0 aliphatic carbocycles. The second kappa shape index (κ2) is 26.6. The highest BCUT2D eigenvalue weighted by Crippen LogP contribution is 2.18. The van der Waals surface area contributed by atoms with E-state index in [0.717, 1.165) is 62.9 Å². The van der Waals surface area contributed by atoms with Gasteiger partial charge < -0.3 is 41.9 Å². The fourth-order valence-corrected chi connectivity index (χ4v) is 5.48. The van der Waals surface area contributed by atoms with Crippen molar-refractivity contribution in [2.24, 2.45) is 0 Å². The van der Waals surface area contributed by atoms with Crippen LogP contribution in [0.2, 0.25) is 0 Å². The molecule has 0 bridgehead atoms. The van der Waals surface area contributed by atoms with Gasteiger partial charge in [0.2, 0.25) is 11.8 Å². The Bertz CT molecular complexity index is 1360. The molecule has 0 saturated carbocycles. The van der Waals surface area contributed by atoms with Gasteiger partial charge in [-0.1, -0.05) is 37.8 Å². The Morgan fingerprint density at radius 1 is 0.547 bits per heavy atom. The maximum Gasteiger partial charge on any atom is 0.326 e. The molecular weight excluding hydrogens is 686 g/mol. The normalized spacial score (nSPS) is 12.0. The van der Waals surface area contributed by atoms with Crippen molar-refractivity contribution in [3.63, 3.8) is 0 Å². The number of carbonyl (C=O) groups is 6. The van der Waals surface area contributed by atoms with Crippen molar-refractivity contribution in [2.45, 2.75) is 114 Å². The number of aromatic nitrogens is 2. The van der Waals surface area contributed by atoms with Gasteiger partial charge in [0.05, 0.1) is 17.4 Å². The van der Waals surface area contributed by atoms with Crippen LogP contribution in [0.15, 0.2) is 48.8 Å². The SMILES string of the molecule is O=C(O)CCC(NC(=O)NC(CCCCNC(=O)CCCCCCC(=O)NCCCCCCNC(c1ccccn1)c1ccccn1)C(=O)O)C(=O)O. The Morgan fingerprint density at radius 2 is 1.02 bits per heavy atom.